The summed E-state index contributed by atoms with van der Waals surface area (Å²) in [6.45, 7) is 1.06. The molecule has 1 fully saturated rings. The van der Waals surface area contributed by atoms with Crippen LogP contribution in [0.5, 0.6) is 0 Å². The molecule has 1 atom stereocenters. The lowest BCUT2D eigenvalue weighted by Crippen LogP contribution is -2.59. The molecule has 1 N–H and O–H groups in total. The maximum Gasteiger partial charge on any atom is 0.245 e. The van der Waals surface area contributed by atoms with Crippen molar-refractivity contribution in [2.45, 2.75) is 10.9 Å². The summed E-state index contributed by atoms with van der Waals surface area (Å²) in [5.41, 5.74) is 0. The summed E-state index contributed by atoms with van der Waals surface area (Å²) in [4.78, 5) is 17.6. The molecule has 1 unspecified atom stereocenters. The molecule has 7 nitrogen and oxygen atoms in total. The van der Waals surface area contributed by atoms with Gasteiger partial charge in [0.2, 0.25) is 15.9 Å². The number of nitrogens with zero attached hydrogens (tertiary/aromatic N) is 3. The van der Waals surface area contributed by atoms with Crippen molar-refractivity contribution in [2.24, 2.45) is 0 Å². The number of halogens is 1. The minimum Gasteiger partial charge on any atom is -0.347 e. The van der Waals surface area contributed by atoms with Crippen LogP contribution < -0.4 is 5.32 Å². The number of hydrogen-bond acceptors (Lipinski definition) is 5. The van der Waals surface area contributed by atoms with Crippen LogP contribution in [0.2, 0.25) is 0 Å². The van der Waals surface area contributed by atoms with Crippen LogP contribution in [0.4, 0.5) is 0 Å². The molecule has 1 amide bonds. The van der Waals surface area contributed by atoms with Crippen LogP contribution in [-0.2, 0) is 14.8 Å². The van der Waals surface area contributed by atoms with Crippen molar-refractivity contribution in [3.63, 3.8) is 0 Å². The molecule has 0 aliphatic carbocycles. The van der Waals surface area contributed by atoms with Crippen LogP contribution in [-0.4, -0.2) is 68.3 Å². The van der Waals surface area contributed by atoms with E-state index >= 15 is 0 Å². The van der Waals surface area contributed by atoms with Crippen molar-refractivity contribution in [2.75, 3.05) is 33.7 Å². The summed E-state index contributed by atoms with van der Waals surface area (Å²) in [5, 5.41) is 3.06. The second-order valence-corrected chi connectivity index (χ2v) is 7.71. The second-order valence-electron chi connectivity index (χ2n) is 4.91. The van der Waals surface area contributed by atoms with Gasteiger partial charge in [-0.3, -0.25) is 9.78 Å². The summed E-state index contributed by atoms with van der Waals surface area (Å²) in [7, 11) is -0.532. The van der Waals surface area contributed by atoms with E-state index in [9.17, 15) is 13.2 Å². The predicted octanol–water partition coefficient (Wildman–Crippen LogP) is -0.105. The molecule has 1 aromatic rings. The monoisotopic (exact) mass is 376 g/mol. The Balaban J connectivity index is 2.38. The molecule has 21 heavy (non-hydrogen) atoms. The Labute approximate surface area is 132 Å². The van der Waals surface area contributed by atoms with Gasteiger partial charge >= 0.3 is 0 Å². The average Bonchev–Trinajstić information content (AvgIpc) is 2.46. The fourth-order valence-electron chi connectivity index (χ4n) is 2.15. The molecule has 0 bridgehead atoms. The Morgan fingerprint density at radius 1 is 1.48 bits per heavy atom. The fourth-order valence-corrected chi connectivity index (χ4v) is 4.24. The number of sulfonamides is 1. The molecule has 2 rings (SSSR count). The standard InChI is InChI=1S/C12H17BrN4O3S/c1-16(2)12(18)11-8-14-3-4-17(11)21(19,20)10-5-9(13)6-15-7-10/h5-7,11,14H,3-4,8H2,1-2H3. The normalized spacial score (nSPS) is 20.2. The largest absolute Gasteiger partial charge is 0.347 e. The average molecular weight is 377 g/mol. The van der Waals surface area contributed by atoms with Crippen LogP contribution in [0, 0.1) is 0 Å². The van der Waals surface area contributed by atoms with Gasteiger partial charge in [-0.05, 0) is 22.0 Å². The minimum atomic E-state index is -3.76. The van der Waals surface area contributed by atoms with Crippen molar-refractivity contribution < 1.29 is 13.2 Å². The molecule has 1 saturated heterocycles. The SMILES string of the molecule is CN(C)C(=O)C1CNCCN1S(=O)(=O)c1cncc(Br)c1. The molecule has 0 saturated carbocycles. The molecule has 1 aromatic heterocycles. The molecule has 116 valence electrons. The number of likely N-dealkylation sites (N-methyl/N-ethyl adjacent to an activating group) is 1. The van der Waals surface area contributed by atoms with Crippen LogP contribution in [0.3, 0.4) is 0 Å². The number of carbonyl (C=O) groups excluding carboxylic acids is 1. The first-order valence-corrected chi connectivity index (χ1v) is 8.61. The van der Waals surface area contributed by atoms with E-state index in [1.54, 1.807) is 14.1 Å². The highest BCUT2D eigenvalue weighted by atomic mass is 79.9. The number of piperazine rings is 1. The quantitative estimate of drug-likeness (QED) is 0.795. The van der Waals surface area contributed by atoms with Gasteiger partial charge in [0.05, 0.1) is 0 Å². The highest BCUT2D eigenvalue weighted by Gasteiger charge is 2.38. The van der Waals surface area contributed by atoms with E-state index in [0.717, 1.165) is 0 Å². The molecule has 9 heteroatoms. The van der Waals surface area contributed by atoms with E-state index in [0.29, 0.717) is 17.6 Å². The zero-order valence-electron chi connectivity index (χ0n) is 11.8. The number of nitrogens with one attached hydrogen (secondary N) is 1. The van der Waals surface area contributed by atoms with Crippen molar-refractivity contribution in [1.82, 2.24) is 19.5 Å². The first-order chi connectivity index (χ1) is 9.84. The summed E-state index contributed by atoms with van der Waals surface area (Å²) < 4.78 is 27.3. The lowest BCUT2D eigenvalue weighted by atomic mass is 10.2. The van der Waals surface area contributed by atoms with Gasteiger partial charge in [-0.1, -0.05) is 0 Å². The van der Waals surface area contributed by atoms with Gasteiger partial charge in [0.1, 0.15) is 10.9 Å². The Hall–Kier alpha value is -1.03. The minimum absolute atomic E-state index is 0.0790. The van der Waals surface area contributed by atoms with Gasteiger partial charge in [-0.2, -0.15) is 4.31 Å². The Morgan fingerprint density at radius 3 is 2.81 bits per heavy atom. The van der Waals surface area contributed by atoms with Crippen LogP contribution >= 0.6 is 15.9 Å². The molecule has 0 aromatic carbocycles. The Kier molecular flexibility index (Phi) is 4.97. The van der Waals surface area contributed by atoms with Crippen LogP contribution in [0.1, 0.15) is 0 Å². The zero-order chi connectivity index (χ0) is 15.6. The van der Waals surface area contributed by atoms with Gasteiger partial charge < -0.3 is 10.2 Å². The number of hydrogen-bond donors (Lipinski definition) is 1. The van der Waals surface area contributed by atoms with Gasteiger partial charge in [0.15, 0.2) is 0 Å². The number of rotatable bonds is 3. The van der Waals surface area contributed by atoms with Gasteiger partial charge in [0.25, 0.3) is 0 Å². The maximum absolute atomic E-state index is 12.7. The Bertz CT molecular complexity index is 635. The summed E-state index contributed by atoms with van der Waals surface area (Å²) in [6, 6.07) is 0.749. The van der Waals surface area contributed by atoms with E-state index in [-0.39, 0.29) is 17.3 Å². The van der Waals surface area contributed by atoms with Crippen molar-refractivity contribution in [3.8, 4) is 0 Å². The number of aromatic nitrogens is 1. The molecule has 0 spiro atoms. The fraction of sp³-hybridized carbons (Fsp3) is 0.500. The van der Waals surface area contributed by atoms with E-state index in [1.165, 1.54) is 27.7 Å². The number of pyridine rings is 1. The van der Waals surface area contributed by atoms with E-state index in [2.05, 4.69) is 26.2 Å². The molecular weight excluding hydrogens is 360 g/mol. The third kappa shape index (κ3) is 3.42. The smallest absolute Gasteiger partial charge is 0.245 e. The van der Waals surface area contributed by atoms with Crippen LogP contribution in [0.15, 0.2) is 27.8 Å². The molecule has 1 aliphatic rings. The van der Waals surface area contributed by atoms with Gasteiger partial charge in [-0.15, -0.1) is 0 Å². The third-order valence-electron chi connectivity index (χ3n) is 3.21. The topological polar surface area (TPSA) is 82.6 Å². The Morgan fingerprint density at radius 2 is 2.19 bits per heavy atom. The molecular formula is C12H17BrN4O3S. The van der Waals surface area contributed by atoms with Crippen molar-refractivity contribution >= 4 is 31.9 Å². The van der Waals surface area contributed by atoms with Crippen molar-refractivity contribution in [3.05, 3.63) is 22.9 Å². The first kappa shape index (κ1) is 16.3. The summed E-state index contributed by atoms with van der Waals surface area (Å²) in [6.07, 6.45) is 2.80. The lowest BCUT2D eigenvalue weighted by Gasteiger charge is -2.35. The van der Waals surface area contributed by atoms with E-state index in [1.807, 2.05) is 0 Å². The highest BCUT2D eigenvalue weighted by Crippen LogP contribution is 2.22. The number of amides is 1. The molecule has 1 aliphatic heterocycles. The lowest BCUT2D eigenvalue weighted by molar-refractivity contribution is -0.133. The van der Waals surface area contributed by atoms with Gasteiger partial charge in [-0.25, -0.2) is 8.42 Å². The highest BCUT2D eigenvalue weighted by molar-refractivity contribution is 9.10. The van der Waals surface area contributed by atoms with Gasteiger partial charge in [0, 0.05) is 50.6 Å². The second kappa shape index (κ2) is 6.39. The number of carbonyl (C=O) groups is 1. The first-order valence-electron chi connectivity index (χ1n) is 6.38. The predicted molar refractivity (Wildman–Crippen MR) is 81.2 cm³/mol. The van der Waals surface area contributed by atoms with E-state index < -0.39 is 16.1 Å². The maximum atomic E-state index is 12.7. The summed E-state index contributed by atoms with van der Waals surface area (Å²) >= 11 is 3.21. The van der Waals surface area contributed by atoms with Crippen LogP contribution in [0.25, 0.3) is 0 Å². The van der Waals surface area contributed by atoms with E-state index in [4.69, 9.17) is 0 Å². The molecule has 0 radical (unpaired) electrons. The molecule has 2 heterocycles. The summed E-state index contributed by atoms with van der Waals surface area (Å²) in [5.74, 6) is -0.242. The zero-order valence-corrected chi connectivity index (χ0v) is 14.2. The third-order valence-corrected chi connectivity index (χ3v) is 5.51. The van der Waals surface area contributed by atoms with Crippen molar-refractivity contribution in [1.29, 1.82) is 0 Å².